The third-order valence-electron chi connectivity index (χ3n) is 18.3. The number of hydrogen-bond donors (Lipinski definition) is 12. The number of hydrogen-bond acceptors (Lipinski definition) is 32. The van der Waals surface area contributed by atoms with Crippen LogP contribution < -0.4 is 58.5 Å². The third kappa shape index (κ3) is 73.0. The number of amides is 11. The van der Waals surface area contributed by atoms with E-state index in [4.69, 9.17) is 82.5 Å². The molecule has 0 heterocycles. The number of carbonyl (C=O) groups is 16. The van der Waals surface area contributed by atoms with Crippen LogP contribution in [0.15, 0.2) is 162 Å². The summed E-state index contributed by atoms with van der Waals surface area (Å²) < 4.78 is 71.9. The van der Waals surface area contributed by atoms with E-state index in [1.54, 1.807) is 38.5 Å². The van der Waals surface area contributed by atoms with E-state index in [-0.39, 0.29) is 148 Å². The monoisotopic (exact) mass is 2030 g/mol. The number of carboxylic acids is 1. The van der Waals surface area contributed by atoms with Gasteiger partial charge in [-0.15, -0.1) is 0 Å². The SMILES string of the molecule is CC(=O)N[C@@H](CC(=O)OCc1ccccc1)C(=O)NCCOCCOCCN=[N+]=[N-].CC(=O)N[C@@H](CCC(=O)OCc1ccccc1)C(=O)NCCOCCOCCN=[N+]=[N-].COCCOCCNC(=O)[C@H](CC(=O)O)NC(=O)[C@H](Cc1ccccc1)NC(C)=O.COCCOCCNC(=O)[C@H](CC(=O)OCc1ccccc1)NC(C)=O.COCCOCCNC(=O)[C@H](CCC(=O)OCc1ccccc1)NC(C)=O. The average molecular weight is 2030 g/mol. The summed E-state index contributed by atoms with van der Waals surface area (Å²) in [6.45, 7) is 14.5. The molecule has 0 radical (unpaired) electrons. The minimum absolute atomic E-state index is 0.00507. The second kappa shape index (κ2) is 85.6. The van der Waals surface area contributed by atoms with Crippen molar-refractivity contribution in [2.75, 3.05) is 179 Å². The quantitative estimate of drug-likeness (QED) is 0.00664. The molecule has 0 aliphatic rings. The number of nitrogens with one attached hydrogen (secondary N) is 11. The van der Waals surface area contributed by atoms with Crippen molar-refractivity contribution in [1.82, 2.24) is 58.5 Å². The van der Waals surface area contributed by atoms with Gasteiger partial charge in [0.25, 0.3) is 0 Å². The molecule has 0 bridgehead atoms. The molecule has 48 nitrogen and oxygen atoms in total. The van der Waals surface area contributed by atoms with Crippen LogP contribution in [0, 0.1) is 0 Å². The minimum atomic E-state index is -1.29. The Hall–Kier alpha value is -14.2. The summed E-state index contributed by atoms with van der Waals surface area (Å²) in [7, 11) is 4.68. The van der Waals surface area contributed by atoms with Crippen molar-refractivity contribution in [3.05, 3.63) is 200 Å². The molecule has 0 aliphatic heterocycles. The largest absolute Gasteiger partial charge is 0.481 e. The molecular formula is C96H139N17O31. The number of carbonyl (C=O) groups excluding carboxylic acids is 15. The van der Waals surface area contributed by atoms with Crippen LogP contribution in [0.3, 0.4) is 0 Å². The Balaban J connectivity index is 0.000000901. The molecule has 0 saturated heterocycles. The number of aliphatic carboxylic acids is 1. The van der Waals surface area contributed by atoms with E-state index in [0.29, 0.717) is 99.0 Å². The Morgan fingerprint density at radius 1 is 0.285 bits per heavy atom. The lowest BCUT2D eigenvalue weighted by atomic mass is 10.0. The molecule has 0 saturated carbocycles. The highest BCUT2D eigenvalue weighted by Crippen LogP contribution is 2.12. The first kappa shape index (κ1) is 128. The van der Waals surface area contributed by atoms with Gasteiger partial charge >= 0.3 is 29.8 Å². The number of rotatable bonds is 70. The lowest BCUT2D eigenvalue weighted by Gasteiger charge is -2.22. The molecule has 144 heavy (non-hydrogen) atoms. The number of benzene rings is 5. The van der Waals surface area contributed by atoms with E-state index in [1.165, 1.54) is 41.7 Å². The molecule has 0 aliphatic carbocycles. The molecule has 0 fully saturated rings. The number of nitrogens with zero attached hydrogens (tertiary/aromatic N) is 6. The van der Waals surface area contributed by atoms with Crippen LogP contribution in [0.2, 0.25) is 0 Å². The first-order valence-electron chi connectivity index (χ1n) is 46.0. The van der Waals surface area contributed by atoms with E-state index >= 15 is 0 Å². The average Bonchev–Trinajstić information content (AvgIpc) is 0.865. The lowest BCUT2D eigenvalue weighted by Crippen LogP contribution is -2.55. The summed E-state index contributed by atoms with van der Waals surface area (Å²) in [5.41, 5.74) is 20.5. The molecule has 0 unspecified atom stereocenters. The maximum atomic E-state index is 12.7. The molecular weight excluding hydrogens is 1890 g/mol. The lowest BCUT2D eigenvalue weighted by molar-refractivity contribution is -0.148. The molecule has 5 aromatic rings. The van der Waals surface area contributed by atoms with Crippen molar-refractivity contribution in [2.45, 2.75) is 149 Å². The van der Waals surface area contributed by atoms with Gasteiger partial charge in [-0.25, -0.2) is 0 Å². The molecule has 6 atom stereocenters. The zero-order chi connectivity index (χ0) is 106. The van der Waals surface area contributed by atoms with Crippen LogP contribution >= 0.6 is 0 Å². The number of ether oxygens (including phenoxy) is 14. The molecule has 5 rings (SSSR count). The van der Waals surface area contributed by atoms with Gasteiger partial charge in [0.1, 0.15) is 62.7 Å². The number of carboxylic acid groups (broad SMARTS) is 1. The van der Waals surface area contributed by atoms with Gasteiger partial charge in [-0.05, 0) is 51.7 Å². The maximum Gasteiger partial charge on any atom is 0.308 e. The van der Waals surface area contributed by atoms with Crippen LogP contribution in [0.1, 0.15) is 107 Å². The number of esters is 4. The Bertz CT molecular complexity index is 4590. The smallest absolute Gasteiger partial charge is 0.308 e. The van der Waals surface area contributed by atoms with Gasteiger partial charge in [0.15, 0.2) is 0 Å². The third-order valence-corrected chi connectivity index (χ3v) is 18.3. The predicted octanol–water partition coefficient (Wildman–Crippen LogP) is 3.23. The summed E-state index contributed by atoms with van der Waals surface area (Å²) in [5.74, 6) is -8.28. The van der Waals surface area contributed by atoms with Gasteiger partial charge in [-0.2, -0.15) is 0 Å². The van der Waals surface area contributed by atoms with Gasteiger partial charge in [-0.3, -0.25) is 76.7 Å². The summed E-state index contributed by atoms with van der Waals surface area (Å²) >= 11 is 0. The van der Waals surface area contributed by atoms with E-state index in [1.807, 2.05) is 127 Å². The Morgan fingerprint density at radius 3 is 0.785 bits per heavy atom. The zero-order valence-electron chi connectivity index (χ0n) is 82.7. The second-order valence-corrected chi connectivity index (χ2v) is 30.3. The predicted molar refractivity (Wildman–Crippen MR) is 519 cm³/mol. The van der Waals surface area contributed by atoms with Crippen LogP contribution in [-0.4, -0.2) is 316 Å². The molecule has 794 valence electrons. The topological polar surface area (TPSA) is 652 Å². The van der Waals surface area contributed by atoms with Crippen molar-refractivity contribution in [1.29, 1.82) is 0 Å². The minimum Gasteiger partial charge on any atom is -0.481 e. The van der Waals surface area contributed by atoms with E-state index in [9.17, 15) is 76.7 Å². The van der Waals surface area contributed by atoms with Gasteiger partial charge in [0, 0.05) is 131 Å². The fourth-order valence-electron chi connectivity index (χ4n) is 11.5. The van der Waals surface area contributed by atoms with Crippen LogP contribution in [0.5, 0.6) is 0 Å². The molecule has 0 aromatic heterocycles. The molecule has 0 spiro atoms. The van der Waals surface area contributed by atoms with Crippen molar-refractivity contribution >= 4 is 94.8 Å². The highest BCUT2D eigenvalue weighted by Gasteiger charge is 2.30. The molecule has 12 N–H and O–H groups in total. The first-order chi connectivity index (χ1) is 69.4. The molecule has 48 heteroatoms. The van der Waals surface area contributed by atoms with Gasteiger partial charge < -0.3 is 130 Å². The summed E-state index contributed by atoms with van der Waals surface area (Å²) in [6, 6.07) is 40.0. The van der Waals surface area contributed by atoms with E-state index in [2.05, 4.69) is 78.5 Å². The molecule has 5 aromatic carbocycles. The van der Waals surface area contributed by atoms with Gasteiger partial charge in [-0.1, -0.05) is 162 Å². The number of methoxy groups -OCH3 is 3. The van der Waals surface area contributed by atoms with Crippen LogP contribution in [0.25, 0.3) is 20.9 Å². The zero-order valence-corrected chi connectivity index (χ0v) is 82.7. The van der Waals surface area contributed by atoms with Crippen molar-refractivity contribution in [3.8, 4) is 0 Å². The Morgan fingerprint density at radius 2 is 0.521 bits per heavy atom. The Kier molecular flexibility index (Phi) is 76.0. The maximum absolute atomic E-state index is 12.7. The summed E-state index contributed by atoms with van der Waals surface area (Å²) in [4.78, 5) is 195. The standard InChI is InChI=1S/C20H29N5O6.C20H29N3O7.C19H27N5O6.C19H28N2O6.C18H26N2O6/c1-16(26)24-18(7-8-19(27)31-15-17-5-3-2-4-6-17)20(28)22-9-11-29-13-14-30-12-10-23-25-21;1-14(24)22-16(12-15-6-4-3-5-7-15)20(28)23-17(13-18(25)26)19(27)21-8-9-30-11-10-29-2;1-15(25)23-17(13-18(26)30-14-16-5-3-2-4-6-16)19(27)21-7-9-28-11-12-29-10-8-22-24-20;1-15(22)21-17(19(24)20-10-11-26-13-12-25-2)8-9-18(23)27-14-16-6-4-3-5-7-16;1-14(21)20-16(18(23)19-8-9-25-11-10-24-2)12-17(22)26-13-15-6-4-3-5-7-15/h2-6,18H,7-15H2,1H3,(H,22,28)(H,24,26);3-7,16-17H,8-13H2,1-2H3,(H,21,27)(H,22,24)(H,23,28)(H,25,26);2-6,17H,7-14H2,1H3,(H,21,27)(H,23,25);3-7,17H,8-14H2,1-2H3,(H,20,24)(H,21,22);3-7,16H,8-13H2,1-2H3,(H,19,23)(H,20,21)/t18-;16-,17-;2*17-;16-/m00000/s1. The number of azide groups is 2. The van der Waals surface area contributed by atoms with Gasteiger partial charge in [0.05, 0.1) is 132 Å². The van der Waals surface area contributed by atoms with Gasteiger partial charge in [0.2, 0.25) is 65.0 Å². The molecule has 11 amide bonds. The summed E-state index contributed by atoms with van der Waals surface area (Å²) in [6.07, 6.45) is -0.630. The summed E-state index contributed by atoms with van der Waals surface area (Å²) in [5, 5.41) is 43.8. The van der Waals surface area contributed by atoms with Crippen molar-refractivity contribution in [2.24, 2.45) is 10.2 Å². The van der Waals surface area contributed by atoms with E-state index < -0.39 is 120 Å². The van der Waals surface area contributed by atoms with Crippen LogP contribution in [-0.2, 0) is 176 Å². The first-order valence-corrected chi connectivity index (χ1v) is 46.0. The fourth-order valence-corrected chi connectivity index (χ4v) is 11.5. The normalized spacial score (nSPS) is 11.5. The highest BCUT2D eigenvalue weighted by atomic mass is 16.6. The van der Waals surface area contributed by atoms with E-state index in [0.717, 1.165) is 27.8 Å². The van der Waals surface area contributed by atoms with Crippen molar-refractivity contribution in [3.63, 3.8) is 0 Å². The van der Waals surface area contributed by atoms with Crippen molar-refractivity contribution < 1.29 is 148 Å². The fraction of sp³-hybridized carbons (Fsp3) is 0.521. The highest BCUT2D eigenvalue weighted by molar-refractivity contribution is 5.95. The Labute approximate surface area is 836 Å². The second-order valence-electron chi connectivity index (χ2n) is 30.3. The van der Waals surface area contributed by atoms with Crippen LogP contribution in [0.4, 0.5) is 0 Å².